The Morgan fingerprint density at radius 2 is 1.94 bits per heavy atom. The van der Waals surface area contributed by atoms with E-state index in [1.165, 1.54) is 0 Å². The predicted octanol–water partition coefficient (Wildman–Crippen LogP) is 2.14. The summed E-state index contributed by atoms with van der Waals surface area (Å²) in [6.45, 7) is 4.86. The van der Waals surface area contributed by atoms with Crippen molar-refractivity contribution in [2.75, 3.05) is 44.4 Å². The first-order chi connectivity index (χ1) is 16.0. The molecule has 0 saturated carbocycles. The van der Waals surface area contributed by atoms with Gasteiger partial charge in [0.05, 0.1) is 12.8 Å². The standard InChI is InChI=1S/C25H36N4O4/c1-2-3-11-23(31)27-14-12-25(13-15-27)24(32)28(19-29(25)20-8-5-4-6-9-20)18-22(30)26-17-21-10-7-16-33-21/h4-6,8-9,21H,2-3,7,10-19H2,1H3,(H,26,30). The van der Waals surface area contributed by atoms with Gasteiger partial charge in [-0.2, -0.15) is 0 Å². The SMILES string of the molecule is CCCCC(=O)N1CCC2(CC1)C(=O)N(CC(=O)NCC1CCCO1)CN2c1ccccc1. The molecule has 33 heavy (non-hydrogen) atoms. The number of likely N-dealkylation sites (tertiary alicyclic amines) is 1. The molecule has 4 rings (SSSR count). The van der Waals surface area contributed by atoms with Crippen LogP contribution in [0.2, 0.25) is 0 Å². The van der Waals surface area contributed by atoms with Gasteiger partial charge in [0.2, 0.25) is 11.8 Å². The second-order valence-corrected chi connectivity index (χ2v) is 9.36. The molecule has 0 aliphatic carbocycles. The molecular weight excluding hydrogens is 420 g/mol. The van der Waals surface area contributed by atoms with Crippen LogP contribution in [-0.2, 0) is 19.1 Å². The zero-order valence-corrected chi connectivity index (χ0v) is 19.6. The van der Waals surface area contributed by atoms with Gasteiger partial charge < -0.3 is 24.8 Å². The van der Waals surface area contributed by atoms with E-state index in [-0.39, 0.29) is 30.4 Å². The number of piperidine rings is 1. The Morgan fingerprint density at radius 1 is 1.18 bits per heavy atom. The molecule has 1 spiro atoms. The predicted molar refractivity (Wildman–Crippen MR) is 126 cm³/mol. The molecule has 1 aromatic carbocycles. The number of nitrogens with one attached hydrogen (secondary N) is 1. The van der Waals surface area contributed by atoms with Gasteiger partial charge in [-0.1, -0.05) is 31.5 Å². The van der Waals surface area contributed by atoms with Gasteiger partial charge in [0.15, 0.2) is 0 Å². The van der Waals surface area contributed by atoms with Crippen molar-refractivity contribution in [1.82, 2.24) is 15.1 Å². The van der Waals surface area contributed by atoms with Crippen molar-refractivity contribution in [2.24, 2.45) is 0 Å². The third-order valence-electron chi connectivity index (χ3n) is 7.15. The molecule has 3 amide bonds. The second-order valence-electron chi connectivity index (χ2n) is 9.36. The highest BCUT2D eigenvalue weighted by atomic mass is 16.5. The molecule has 180 valence electrons. The Balaban J connectivity index is 1.44. The molecule has 0 aromatic heterocycles. The lowest BCUT2D eigenvalue weighted by atomic mass is 9.85. The van der Waals surface area contributed by atoms with Crippen molar-refractivity contribution >= 4 is 23.4 Å². The Morgan fingerprint density at radius 3 is 2.61 bits per heavy atom. The van der Waals surface area contributed by atoms with E-state index in [2.05, 4.69) is 17.1 Å². The number of ether oxygens (including phenoxy) is 1. The van der Waals surface area contributed by atoms with E-state index in [9.17, 15) is 14.4 Å². The van der Waals surface area contributed by atoms with Crippen LogP contribution < -0.4 is 10.2 Å². The number of carbonyl (C=O) groups is 3. The molecule has 3 aliphatic rings. The zero-order chi connectivity index (χ0) is 23.3. The van der Waals surface area contributed by atoms with Crippen LogP contribution in [0.4, 0.5) is 5.69 Å². The summed E-state index contributed by atoms with van der Waals surface area (Å²) >= 11 is 0. The lowest BCUT2D eigenvalue weighted by Crippen LogP contribution is -2.57. The van der Waals surface area contributed by atoms with Gasteiger partial charge in [-0.05, 0) is 44.2 Å². The Labute approximate surface area is 196 Å². The first-order valence-electron chi connectivity index (χ1n) is 12.3. The Kier molecular flexibility index (Phi) is 7.53. The van der Waals surface area contributed by atoms with Gasteiger partial charge in [-0.25, -0.2) is 0 Å². The highest BCUT2D eigenvalue weighted by molar-refractivity contribution is 5.96. The van der Waals surface area contributed by atoms with Crippen LogP contribution in [0, 0.1) is 0 Å². The van der Waals surface area contributed by atoms with E-state index in [0.29, 0.717) is 45.6 Å². The first-order valence-corrected chi connectivity index (χ1v) is 12.3. The van der Waals surface area contributed by atoms with Gasteiger partial charge in [-0.3, -0.25) is 14.4 Å². The van der Waals surface area contributed by atoms with Crippen molar-refractivity contribution in [1.29, 1.82) is 0 Å². The molecule has 3 heterocycles. The number of unbranched alkanes of at least 4 members (excludes halogenated alkanes) is 1. The minimum absolute atomic E-state index is 0.0146. The molecule has 0 radical (unpaired) electrons. The fourth-order valence-corrected chi connectivity index (χ4v) is 5.20. The maximum atomic E-state index is 13.7. The zero-order valence-electron chi connectivity index (χ0n) is 19.6. The van der Waals surface area contributed by atoms with E-state index >= 15 is 0 Å². The summed E-state index contributed by atoms with van der Waals surface area (Å²) < 4.78 is 5.58. The molecule has 1 N–H and O–H groups in total. The largest absolute Gasteiger partial charge is 0.376 e. The van der Waals surface area contributed by atoms with Gasteiger partial charge in [-0.15, -0.1) is 0 Å². The van der Waals surface area contributed by atoms with Crippen LogP contribution in [0.25, 0.3) is 0 Å². The summed E-state index contributed by atoms with van der Waals surface area (Å²) in [6.07, 6.45) is 5.66. The topological polar surface area (TPSA) is 82.2 Å². The van der Waals surface area contributed by atoms with Crippen molar-refractivity contribution < 1.29 is 19.1 Å². The summed E-state index contributed by atoms with van der Waals surface area (Å²) in [5.41, 5.74) is 0.261. The van der Waals surface area contributed by atoms with E-state index in [1.54, 1.807) is 4.90 Å². The Bertz CT molecular complexity index is 832. The van der Waals surface area contributed by atoms with Gasteiger partial charge >= 0.3 is 0 Å². The number of benzene rings is 1. The number of hydrogen-bond acceptors (Lipinski definition) is 5. The monoisotopic (exact) mass is 456 g/mol. The lowest BCUT2D eigenvalue weighted by molar-refractivity contribution is -0.140. The van der Waals surface area contributed by atoms with Crippen LogP contribution in [-0.4, -0.2) is 78.6 Å². The normalized spacial score (nSPS) is 22.3. The highest BCUT2D eigenvalue weighted by Gasteiger charge is 2.54. The van der Waals surface area contributed by atoms with Crippen LogP contribution >= 0.6 is 0 Å². The molecule has 1 unspecified atom stereocenters. The second kappa shape index (κ2) is 10.5. The molecule has 0 bridgehead atoms. The van der Waals surface area contributed by atoms with Crippen LogP contribution in [0.5, 0.6) is 0 Å². The van der Waals surface area contributed by atoms with Crippen LogP contribution in [0.3, 0.4) is 0 Å². The first kappa shape index (κ1) is 23.5. The maximum Gasteiger partial charge on any atom is 0.250 e. The van der Waals surface area contributed by atoms with Gasteiger partial charge in [0.25, 0.3) is 5.91 Å². The van der Waals surface area contributed by atoms with Crippen LogP contribution in [0.1, 0.15) is 51.9 Å². The fourth-order valence-electron chi connectivity index (χ4n) is 5.20. The van der Waals surface area contributed by atoms with Gasteiger partial charge in [0, 0.05) is 38.3 Å². The molecule has 1 atom stereocenters. The van der Waals surface area contributed by atoms with E-state index in [4.69, 9.17) is 4.74 Å². The van der Waals surface area contributed by atoms with Crippen LogP contribution in [0.15, 0.2) is 30.3 Å². The summed E-state index contributed by atoms with van der Waals surface area (Å²) in [6, 6.07) is 9.91. The highest BCUT2D eigenvalue weighted by Crippen LogP contribution is 2.39. The lowest BCUT2D eigenvalue weighted by Gasteiger charge is -2.43. The molecule has 3 saturated heterocycles. The maximum absolute atomic E-state index is 13.7. The number of anilines is 1. The minimum atomic E-state index is -0.711. The molecule has 8 heteroatoms. The van der Waals surface area contributed by atoms with E-state index < -0.39 is 5.54 Å². The third-order valence-corrected chi connectivity index (χ3v) is 7.15. The van der Waals surface area contributed by atoms with Gasteiger partial charge in [0.1, 0.15) is 12.1 Å². The summed E-state index contributed by atoms with van der Waals surface area (Å²) in [5, 5.41) is 2.93. The molecule has 3 aliphatic heterocycles. The quantitative estimate of drug-likeness (QED) is 0.648. The number of hydrogen-bond donors (Lipinski definition) is 1. The van der Waals surface area contributed by atoms with E-state index in [0.717, 1.165) is 38.0 Å². The number of amides is 3. The molecule has 8 nitrogen and oxygen atoms in total. The summed E-state index contributed by atoms with van der Waals surface area (Å²) in [5.74, 6) is 0.00383. The molecule has 3 fully saturated rings. The molecule has 1 aromatic rings. The third kappa shape index (κ3) is 5.16. The van der Waals surface area contributed by atoms with Crippen molar-refractivity contribution in [3.05, 3.63) is 30.3 Å². The average Bonchev–Trinajstić information content (AvgIpc) is 3.45. The number of para-hydroxylation sites is 1. The minimum Gasteiger partial charge on any atom is -0.376 e. The van der Waals surface area contributed by atoms with E-state index in [1.807, 2.05) is 35.2 Å². The number of rotatable bonds is 8. The van der Waals surface area contributed by atoms with Crippen molar-refractivity contribution in [3.63, 3.8) is 0 Å². The number of nitrogens with zero attached hydrogens (tertiary/aromatic N) is 3. The molecular formula is C25H36N4O4. The summed E-state index contributed by atoms with van der Waals surface area (Å²) in [7, 11) is 0. The smallest absolute Gasteiger partial charge is 0.250 e. The summed E-state index contributed by atoms with van der Waals surface area (Å²) in [4.78, 5) is 44.5. The Hall–Kier alpha value is -2.61. The van der Waals surface area contributed by atoms with Crippen molar-refractivity contribution in [3.8, 4) is 0 Å². The fraction of sp³-hybridized carbons (Fsp3) is 0.640. The number of carbonyl (C=O) groups excluding carboxylic acids is 3. The van der Waals surface area contributed by atoms with Crippen molar-refractivity contribution in [2.45, 2.75) is 63.5 Å². The average molecular weight is 457 g/mol.